The van der Waals surface area contributed by atoms with Crippen LogP contribution in [0.15, 0.2) is 69.7 Å². The van der Waals surface area contributed by atoms with Crippen LogP contribution < -0.4 is 5.32 Å². The standard InChI is InChI=1S/C23H20N4O5/c1-23(2,3)17-10-9-15(13-18(17)27(29)30)14-6-4-7-16(12-14)20(28)24-22-26-25-21(32-22)19-8-5-11-31-19/h4-13H,1-3H3,(H,24,26,28). The average Bonchev–Trinajstić information content (AvgIpc) is 3.44. The van der Waals surface area contributed by atoms with Crippen LogP contribution in [0.3, 0.4) is 0 Å². The van der Waals surface area contributed by atoms with E-state index in [1.807, 2.05) is 26.8 Å². The second-order valence-electron chi connectivity index (χ2n) is 8.16. The number of nitrogens with one attached hydrogen (secondary N) is 1. The van der Waals surface area contributed by atoms with Gasteiger partial charge in [0.2, 0.25) is 0 Å². The molecule has 0 atom stereocenters. The minimum atomic E-state index is -0.456. The van der Waals surface area contributed by atoms with Gasteiger partial charge in [-0.05, 0) is 40.8 Å². The van der Waals surface area contributed by atoms with E-state index in [1.165, 1.54) is 12.3 Å². The molecule has 0 fully saturated rings. The largest absolute Gasteiger partial charge is 0.459 e. The van der Waals surface area contributed by atoms with E-state index in [0.29, 0.717) is 28.0 Å². The maximum atomic E-state index is 12.7. The summed E-state index contributed by atoms with van der Waals surface area (Å²) in [5.74, 6) is 0.0768. The summed E-state index contributed by atoms with van der Waals surface area (Å²) in [6.07, 6.45) is 1.47. The van der Waals surface area contributed by atoms with Crippen molar-refractivity contribution in [2.75, 3.05) is 5.32 Å². The lowest BCUT2D eigenvalue weighted by Gasteiger charge is -2.19. The fraction of sp³-hybridized carbons (Fsp3) is 0.174. The molecule has 0 saturated carbocycles. The molecule has 0 saturated heterocycles. The second-order valence-corrected chi connectivity index (χ2v) is 8.16. The molecule has 2 heterocycles. The van der Waals surface area contributed by atoms with Crippen LogP contribution >= 0.6 is 0 Å². The van der Waals surface area contributed by atoms with Crippen molar-refractivity contribution >= 4 is 17.6 Å². The summed E-state index contributed by atoms with van der Waals surface area (Å²) in [5, 5.41) is 21.8. The smallest absolute Gasteiger partial charge is 0.322 e. The summed E-state index contributed by atoms with van der Waals surface area (Å²) in [5.41, 5.74) is 1.95. The number of carbonyl (C=O) groups is 1. The molecule has 32 heavy (non-hydrogen) atoms. The van der Waals surface area contributed by atoms with E-state index in [4.69, 9.17) is 8.83 Å². The minimum absolute atomic E-state index is 0.0428. The van der Waals surface area contributed by atoms with Crippen LogP contribution in [0.2, 0.25) is 0 Å². The Morgan fingerprint density at radius 2 is 1.81 bits per heavy atom. The van der Waals surface area contributed by atoms with Gasteiger partial charge in [-0.1, -0.05) is 50.1 Å². The normalized spacial score (nSPS) is 11.3. The zero-order valence-electron chi connectivity index (χ0n) is 17.7. The van der Waals surface area contributed by atoms with Gasteiger partial charge < -0.3 is 8.83 Å². The minimum Gasteiger partial charge on any atom is -0.459 e. The highest BCUT2D eigenvalue weighted by Crippen LogP contribution is 2.35. The van der Waals surface area contributed by atoms with Crippen LogP contribution in [0.1, 0.15) is 36.7 Å². The number of hydrogen-bond donors (Lipinski definition) is 1. The molecule has 1 N–H and O–H groups in total. The van der Waals surface area contributed by atoms with E-state index in [2.05, 4.69) is 15.5 Å². The van der Waals surface area contributed by atoms with Crippen LogP contribution in [0.4, 0.5) is 11.7 Å². The molecule has 2 aromatic heterocycles. The number of aromatic nitrogens is 2. The predicted octanol–water partition coefficient (Wildman–Crippen LogP) is 5.45. The summed E-state index contributed by atoms with van der Waals surface area (Å²) in [4.78, 5) is 23.9. The Balaban J connectivity index is 1.59. The van der Waals surface area contributed by atoms with E-state index in [0.717, 1.165) is 0 Å². The average molecular weight is 432 g/mol. The number of anilines is 1. The topological polar surface area (TPSA) is 124 Å². The van der Waals surface area contributed by atoms with Gasteiger partial charge in [-0.15, -0.1) is 5.10 Å². The number of hydrogen-bond acceptors (Lipinski definition) is 7. The molecule has 0 radical (unpaired) electrons. The lowest BCUT2D eigenvalue weighted by atomic mass is 9.84. The Hall–Kier alpha value is -4.27. The summed E-state index contributed by atoms with van der Waals surface area (Å²) in [6, 6.07) is 15.1. The van der Waals surface area contributed by atoms with Gasteiger partial charge in [0.15, 0.2) is 5.76 Å². The molecule has 0 aliphatic heterocycles. The zero-order chi connectivity index (χ0) is 22.9. The van der Waals surface area contributed by atoms with Crippen LogP contribution in [-0.2, 0) is 5.41 Å². The highest BCUT2D eigenvalue weighted by molar-refractivity contribution is 6.03. The lowest BCUT2D eigenvalue weighted by molar-refractivity contribution is -0.385. The maximum absolute atomic E-state index is 12.7. The molecule has 9 heteroatoms. The molecule has 0 aliphatic carbocycles. The molecule has 4 aromatic rings. The Labute approximate surface area is 183 Å². The molecule has 162 valence electrons. The van der Waals surface area contributed by atoms with Crippen molar-refractivity contribution in [3.05, 3.63) is 82.1 Å². The van der Waals surface area contributed by atoms with Crippen molar-refractivity contribution < 1.29 is 18.6 Å². The fourth-order valence-electron chi connectivity index (χ4n) is 3.28. The van der Waals surface area contributed by atoms with Crippen molar-refractivity contribution in [1.82, 2.24) is 10.2 Å². The lowest BCUT2D eigenvalue weighted by Crippen LogP contribution is -2.14. The van der Waals surface area contributed by atoms with Gasteiger partial charge in [-0.2, -0.15) is 0 Å². The van der Waals surface area contributed by atoms with Gasteiger partial charge in [0.05, 0.1) is 11.2 Å². The number of rotatable bonds is 5. The maximum Gasteiger partial charge on any atom is 0.322 e. The van der Waals surface area contributed by atoms with E-state index < -0.39 is 5.91 Å². The summed E-state index contributed by atoms with van der Waals surface area (Å²) < 4.78 is 10.6. The van der Waals surface area contributed by atoms with Crippen LogP contribution in [0, 0.1) is 10.1 Å². The molecular weight excluding hydrogens is 412 g/mol. The van der Waals surface area contributed by atoms with Gasteiger partial charge in [0.25, 0.3) is 17.5 Å². The van der Waals surface area contributed by atoms with Crippen LogP contribution in [0.5, 0.6) is 0 Å². The Morgan fingerprint density at radius 1 is 1.03 bits per heavy atom. The number of benzene rings is 2. The number of nitrogens with zero attached hydrogens (tertiary/aromatic N) is 3. The number of amides is 1. The van der Waals surface area contributed by atoms with Crippen molar-refractivity contribution in [3.8, 4) is 22.8 Å². The van der Waals surface area contributed by atoms with Crippen molar-refractivity contribution in [2.45, 2.75) is 26.2 Å². The molecule has 2 aromatic carbocycles. The zero-order valence-corrected chi connectivity index (χ0v) is 17.7. The third kappa shape index (κ3) is 4.27. The van der Waals surface area contributed by atoms with E-state index >= 15 is 0 Å². The Kier molecular flexibility index (Phi) is 5.31. The van der Waals surface area contributed by atoms with Gasteiger partial charge >= 0.3 is 6.01 Å². The quantitative estimate of drug-likeness (QED) is 0.328. The summed E-state index contributed by atoms with van der Waals surface area (Å²) >= 11 is 0. The van der Waals surface area contributed by atoms with Crippen molar-refractivity contribution in [1.29, 1.82) is 0 Å². The SMILES string of the molecule is CC(C)(C)c1ccc(-c2cccc(C(=O)Nc3nnc(-c4ccco4)o3)c2)cc1[N+](=O)[O-]. The second kappa shape index (κ2) is 8.10. The van der Waals surface area contributed by atoms with Crippen molar-refractivity contribution in [2.24, 2.45) is 0 Å². The van der Waals surface area contributed by atoms with Gasteiger partial charge in [-0.3, -0.25) is 20.2 Å². The number of furan rings is 1. The number of nitro benzene ring substituents is 1. The van der Waals surface area contributed by atoms with Gasteiger partial charge in [-0.25, -0.2) is 0 Å². The first-order valence-corrected chi connectivity index (χ1v) is 9.80. The van der Waals surface area contributed by atoms with E-state index in [-0.39, 0.29) is 27.9 Å². The summed E-state index contributed by atoms with van der Waals surface area (Å²) in [7, 11) is 0. The molecule has 0 spiro atoms. The highest BCUT2D eigenvalue weighted by Gasteiger charge is 2.25. The first-order valence-electron chi connectivity index (χ1n) is 9.80. The van der Waals surface area contributed by atoms with Gasteiger partial charge in [0.1, 0.15) is 0 Å². The third-order valence-electron chi connectivity index (χ3n) is 4.84. The van der Waals surface area contributed by atoms with E-state index in [1.54, 1.807) is 42.5 Å². The Morgan fingerprint density at radius 3 is 2.50 bits per heavy atom. The molecule has 1 amide bonds. The molecule has 0 unspecified atom stereocenters. The molecule has 0 bridgehead atoms. The highest BCUT2D eigenvalue weighted by atomic mass is 16.6. The number of carbonyl (C=O) groups excluding carboxylic acids is 1. The number of nitro groups is 1. The first kappa shape index (κ1) is 21.0. The van der Waals surface area contributed by atoms with E-state index in [9.17, 15) is 14.9 Å². The van der Waals surface area contributed by atoms with Crippen LogP contribution in [0.25, 0.3) is 22.8 Å². The molecule has 4 rings (SSSR count). The first-order chi connectivity index (χ1) is 15.2. The van der Waals surface area contributed by atoms with Crippen LogP contribution in [-0.4, -0.2) is 21.0 Å². The monoisotopic (exact) mass is 432 g/mol. The third-order valence-corrected chi connectivity index (χ3v) is 4.84. The molecule has 9 nitrogen and oxygen atoms in total. The van der Waals surface area contributed by atoms with Gasteiger partial charge in [0, 0.05) is 17.2 Å². The fourth-order valence-corrected chi connectivity index (χ4v) is 3.28. The Bertz CT molecular complexity index is 1290. The predicted molar refractivity (Wildman–Crippen MR) is 117 cm³/mol. The van der Waals surface area contributed by atoms with Crippen molar-refractivity contribution in [3.63, 3.8) is 0 Å². The molecule has 0 aliphatic rings. The summed E-state index contributed by atoms with van der Waals surface area (Å²) in [6.45, 7) is 5.78. The molecular formula is C23H20N4O5.